The fraction of sp³-hybridized carbons (Fsp3) is 0.324. The molecule has 1 aromatic carbocycles. The molecule has 0 radical (unpaired) electrons. The van der Waals surface area contributed by atoms with E-state index in [1.54, 1.807) is 24.1 Å². The summed E-state index contributed by atoms with van der Waals surface area (Å²) in [5.74, 6) is -0.0964. The summed E-state index contributed by atoms with van der Waals surface area (Å²) in [5.41, 5.74) is 15.8. The SMILES string of the molecule is CCN(C(=O)[C@@H]1CCN(CC(=O)N2CC=C(c3ccc(C(N)=NC=NC)cc3)CC2)C1)c1ccc(N)c(C(=N)c2ccc(F)cn2)n1. The van der Waals surface area contributed by atoms with Crippen molar-refractivity contribution in [3.63, 3.8) is 0 Å². The third-order valence-corrected chi connectivity index (χ3v) is 8.40. The Morgan fingerprint density at radius 2 is 1.94 bits per heavy atom. The van der Waals surface area contributed by atoms with Crippen molar-refractivity contribution in [3.8, 4) is 0 Å². The van der Waals surface area contributed by atoms with Gasteiger partial charge in [-0.1, -0.05) is 30.3 Å². The number of pyridine rings is 2. The van der Waals surface area contributed by atoms with Gasteiger partial charge in [0, 0.05) is 38.8 Å². The van der Waals surface area contributed by atoms with Crippen molar-refractivity contribution in [2.45, 2.75) is 19.8 Å². The van der Waals surface area contributed by atoms with Gasteiger partial charge in [-0.3, -0.25) is 34.8 Å². The van der Waals surface area contributed by atoms with Crippen molar-refractivity contribution in [1.82, 2.24) is 19.8 Å². The molecule has 1 atom stereocenters. The van der Waals surface area contributed by atoms with E-state index in [0.29, 0.717) is 50.8 Å². The maximum absolute atomic E-state index is 13.7. The third-order valence-electron chi connectivity index (χ3n) is 8.40. The van der Waals surface area contributed by atoms with E-state index in [2.05, 4.69) is 26.0 Å². The van der Waals surface area contributed by atoms with Gasteiger partial charge in [0.15, 0.2) is 0 Å². The molecule has 5 rings (SSSR count). The minimum Gasteiger partial charge on any atom is -0.397 e. The fourth-order valence-electron chi connectivity index (χ4n) is 5.78. The molecule has 12 nitrogen and oxygen atoms in total. The maximum Gasteiger partial charge on any atom is 0.237 e. The molecule has 1 fully saturated rings. The number of benzene rings is 1. The zero-order chi connectivity index (χ0) is 33.5. The van der Waals surface area contributed by atoms with E-state index < -0.39 is 5.82 Å². The fourth-order valence-corrected chi connectivity index (χ4v) is 5.78. The summed E-state index contributed by atoms with van der Waals surface area (Å²) in [5, 5.41) is 8.53. The highest BCUT2D eigenvalue weighted by Crippen LogP contribution is 2.26. The predicted molar refractivity (Wildman–Crippen MR) is 182 cm³/mol. The number of aliphatic imine (C=N–C) groups is 2. The zero-order valence-corrected chi connectivity index (χ0v) is 26.6. The van der Waals surface area contributed by atoms with E-state index >= 15 is 0 Å². The molecule has 2 aromatic heterocycles. The number of nitrogen functional groups attached to an aromatic ring is 1. The smallest absolute Gasteiger partial charge is 0.237 e. The Bertz CT molecular complexity index is 1720. The Hall–Kier alpha value is -5.30. The number of carbonyl (C=O) groups excluding carboxylic acids is 2. The molecular weight excluding hydrogens is 599 g/mol. The molecular formula is C34H39FN10O2. The van der Waals surface area contributed by atoms with Crippen LogP contribution in [0.1, 0.15) is 42.3 Å². The summed E-state index contributed by atoms with van der Waals surface area (Å²) >= 11 is 0. The van der Waals surface area contributed by atoms with Crippen LogP contribution < -0.4 is 16.4 Å². The first-order valence-corrected chi connectivity index (χ1v) is 15.5. The number of nitrogens with one attached hydrogen (secondary N) is 1. The van der Waals surface area contributed by atoms with Crippen LogP contribution in [0.25, 0.3) is 5.57 Å². The Morgan fingerprint density at radius 1 is 1.15 bits per heavy atom. The van der Waals surface area contributed by atoms with Gasteiger partial charge in [0.2, 0.25) is 11.8 Å². The molecule has 13 heteroatoms. The van der Waals surface area contributed by atoms with Crippen LogP contribution >= 0.6 is 0 Å². The molecule has 2 aliphatic rings. The number of amidine groups is 1. The summed E-state index contributed by atoms with van der Waals surface area (Å²) in [4.78, 5) is 48.7. The Balaban J connectivity index is 1.16. The van der Waals surface area contributed by atoms with Crippen LogP contribution in [0.2, 0.25) is 0 Å². The van der Waals surface area contributed by atoms with Gasteiger partial charge in [0.25, 0.3) is 0 Å². The standard InChI is InChI=1S/C34H39FN10O2/c1-3-45(29-11-9-27(36)32(42-29)31(37)28-10-8-26(35)18-40-28)34(47)25-12-15-43(19-25)20-30(46)44-16-13-23(14-17-44)22-4-6-24(7-5-22)33(38)41-21-39-2/h4-11,13,18,21,25,37H,3,12,14-17,19-20,36H2,1-2H3,(H2,38,39,41)/t25-/m1/s1. The lowest BCUT2D eigenvalue weighted by Crippen LogP contribution is -2.42. The molecule has 0 saturated carbocycles. The van der Waals surface area contributed by atoms with Crippen LogP contribution in [0, 0.1) is 17.1 Å². The number of carbonyl (C=O) groups is 2. The molecule has 2 aliphatic heterocycles. The summed E-state index contributed by atoms with van der Waals surface area (Å²) in [6.45, 7) is 4.73. The minimum absolute atomic E-state index is 0.0374. The second-order valence-corrected chi connectivity index (χ2v) is 11.4. The quantitative estimate of drug-likeness (QED) is 0.226. The van der Waals surface area contributed by atoms with E-state index in [0.717, 1.165) is 23.7 Å². The third kappa shape index (κ3) is 7.75. The van der Waals surface area contributed by atoms with Gasteiger partial charge in [-0.2, -0.15) is 0 Å². The molecule has 0 bridgehead atoms. The average molecular weight is 639 g/mol. The molecule has 4 heterocycles. The number of aromatic nitrogens is 2. The van der Waals surface area contributed by atoms with E-state index in [-0.39, 0.29) is 47.1 Å². The van der Waals surface area contributed by atoms with Gasteiger partial charge >= 0.3 is 0 Å². The lowest BCUT2D eigenvalue weighted by atomic mass is 9.98. The van der Waals surface area contributed by atoms with Crippen molar-refractivity contribution in [3.05, 3.63) is 89.1 Å². The molecule has 0 aliphatic carbocycles. The van der Waals surface area contributed by atoms with Crippen molar-refractivity contribution in [2.75, 3.05) is 56.9 Å². The Labute approximate surface area is 273 Å². The van der Waals surface area contributed by atoms with Gasteiger partial charge in [0.05, 0.1) is 30.0 Å². The van der Waals surface area contributed by atoms with Crippen LogP contribution in [0.3, 0.4) is 0 Å². The monoisotopic (exact) mass is 638 g/mol. The van der Waals surface area contributed by atoms with E-state index in [4.69, 9.17) is 16.9 Å². The van der Waals surface area contributed by atoms with Crippen molar-refractivity contribution < 1.29 is 14.0 Å². The molecule has 1 saturated heterocycles. The number of amides is 2. The Morgan fingerprint density at radius 3 is 2.60 bits per heavy atom. The number of halogens is 1. The maximum atomic E-state index is 13.7. The van der Waals surface area contributed by atoms with Gasteiger partial charge < -0.3 is 16.4 Å². The van der Waals surface area contributed by atoms with Crippen LogP contribution in [-0.4, -0.2) is 95.8 Å². The second-order valence-electron chi connectivity index (χ2n) is 11.4. The number of likely N-dealkylation sites (tertiary alicyclic amines) is 1. The highest BCUT2D eigenvalue weighted by Gasteiger charge is 2.34. The number of nitrogens with two attached hydrogens (primary N) is 2. The second kappa shape index (κ2) is 14.9. The van der Waals surface area contributed by atoms with Crippen LogP contribution in [-0.2, 0) is 9.59 Å². The normalized spacial score (nSPS) is 17.2. The van der Waals surface area contributed by atoms with Crippen molar-refractivity contribution in [2.24, 2.45) is 21.6 Å². The first kappa shape index (κ1) is 33.1. The molecule has 47 heavy (non-hydrogen) atoms. The Kier molecular flexibility index (Phi) is 10.5. The summed E-state index contributed by atoms with van der Waals surface area (Å²) in [6, 6.07) is 13.7. The number of hydrogen-bond donors (Lipinski definition) is 3. The molecule has 2 amide bonds. The number of rotatable bonds is 10. The summed E-state index contributed by atoms with van der Waals surface area (Å²) < 4.78 is 13.4. The highest BCUT2D eigenvalue weighted by molar-refractivity contribution is 6.11. The van der Waals surface area contributed by atoms with E-state index in [1.807, 2.05) is 41.0 Å². The predicted octanol–water partition coefficient (Wildman–Crippen LogP) is 2.97. The van der Waals surface area contributed by atoms with Crippen LogP contribution in [0.15, 0.2) is 70.8 Å². The highest BCUT2D eigenvalue weighted by atomic mass is 19.1. The lowest BCUT2D eigenvalue weighted by molar-refractivity contribution is -0.132. The van der Waals surface area contributed by atoms with Gasteiger partial charge in [-0.05, 0) is 61.7 Å². The topological polar surface area (TPSA) is 170 Å². The van der Waals surface area contributed by atoms with Crippen LogP contribution in [0.4, 0.5) is 15.9 Å². The summed E-state index contributed by atoms with van der Waals surface area (Å²) in [6.07, 6.45) is 5.90. The van der Waals surface area contributed by atoms with Gasteiger partial charge in [-0.25, -0.2) is 14.4 Å². The first-order chi connectivity index (χ1) is 22.7. The zero-order valence-electron chi connectivity index (χ0n) is 26.6. The summed E-state index contributed by atoms with van der Waals surface area (Å²) in [7, 11) is 1.64. The molecule has 0 unspecified atom stereocenters. The number of anilines is 2. The van der Waals surface area contributed by atoms with Crippen molar-refractivity contribution in [1.29, 1.82) is 5.41 Å². The largest absolute Gasteiger partial charge is 0.397 e. The molecule has 3 aromatic rings. The molecule has 0 spiro atoms. The van der Waals surface area contributed by atoms with Crippen LogP contribution in [0.5, 0.6) is 0 Å². The number of hydrogen-bond acceptors (Lipinski definition) is 8. The van der Waals surface area contributed by atoms with Gasteiger partial charge in [-0.15, -0.1) is 0 Å². The molecule has 5 N–H and O–H groups in total. The van der Waals surface area contributed by atoms with E-state index in [1.165, 1.54) is 24.0 Å². The van der Waals surface area contributed by atoms with E-state index in [9.17, 15) is 14.0 Å². The van der Waals surface area contributed by atoms with Crippen molar-refractivity contribution >= 4 is 46.8 Å². The minimum atomic E-state index is -0.511. The lowest BCUT2D eigenvalue weighted by Gasteiger charge is -2.29. The molecule has 244 valence electrons. The first-order valence-electron chi connectivity index (χ1n) is 15.5. The van der Waals surface area contributed by atoms with Gasteiger partial charge in [0.1, 0.15) is 35.2 Å². The number of nitrogens with zero attached hydrogens (tertiary/aromatic N) is 7. The average Bonchev–Trinajstić information content (AvgIpc) is 3.56.